The average Bonchev–Trinajstić information content (AvgIpc) is 2.74. The fraction of sp³-hybridized carbons (Fsp3) is 0.435. The Morgan fingerprint density at radius 3 is 2.25 bits per heavy atom. The summed E-state index contributed by atoms with van der Waals surface area (Å²) in [4.78, 5) is 15.0. The molecule has 1 aliphatic heterocycles. The zero-order valence-electron chi connectivity index (χ0n) is 17.0. The van der Waals surface area contributed by atoms with E-state index in [1.807, 2.05) is 6.92 Å². The summed E-state index contributed by atoms with van der Waals surface area (Å²) in [6, 6.07) is 15.9. The Kier molecular flexibility index (Phi) is 6.93. The van der Waals surface area contributed by atoms with Gasteiger partial charge in [0.1, 0.15) is 11.5 Å². The molecule has 1 amide bonds. The molecule has 1 unspecified atom stereocenters. The van der Waals surface area contributed by atoms with Crippen LogP contribution in [0.3, 0.4) is 0 Å². The van der Waals surface area contributed by atoms with Gasteiger partial charge in [-0.1, -0.05) is 30.3 Å². The summed E-state index contributed by atoms with van der Waals surface area (Å²) >= 11 is 0. The first-order chi connectivity index (χ1) is 13.6. The van der Waals surface area contributed by atoms with Gasteiger partial charge in [0.05, 0.1) is 20.3 Å². The number of carbonyl (C=O) groups excluding carboxylic acids is 1. The molecule has 1 atom stereocenters. The Labute approximate surface area is 167 Å². The highest BCUT2D eigenvalue weighted by molar-refractivity contribution is 5.95. The molecule has 0 bridgehead atoms. The summed E-state index contributed by atoms with van der Waals surface area (Å²) in [6.45, 7) is 3.88. The Bertz CT molecular complexity index is 748. The van der Waals surface area contributed by atoms with Gasteiger partial charge in [0.2, 0.25) is 5.91 Å². The van der Waals surface area contributed by atoms with E-state index in [-0.39, 0.29) is 11.9 Å². The second kappa shape index (κ2) is 9.60. The van der Waals surface area contributed by atoms with Crippen LogP contribution < -0.4 is 14.8 Å². The quantitative estimate of drug-likeness (QED) is 0.787. The van der Waals surface area contributed by atoms with E-state index in [4.69, 9.17) is 9.47 Å². The van der Waals surface area contributed by atoms with Crippen molar-refractivity contribution in [3.8, 4) is 11.5 Å². The van der Waals surface area contributed by atoms with Crippen molar-refractivity contribution in [1.82, 2.24) is 4.90 Å². The van der Waals surface area contributed by atoms with Crippen molar-refractivity contribution < 1.29 is 14.3 Å². The van der Waals surface area contributed by atoms with E-state index >= 15 is 0 Å². The summed E-state index contributed by atoms with van der Waals surface area (Å²) in [5.41, 5.74) is 2.09. The van der Waals surface area contributed by atoms with E-state index in [1.165, 1.54) is 5.56 Å². The molecule has 0 spiro atoms. The molecule has 2 aromatic carbocycles. The maximum absolute atomic E-state index is 12.7. The van der Waals surface area contributed by atoms with Gasteiger partial charge in [0.15, 0.2) is 0 Å². The van der Waals surface area contributed by atoms with Crippen LogP contribution in [0.2, 0.25) is 0 Å². The number of anilines is 1. The van der Waals surface area contributed by atoms with Gasteiger partial charge in [-0.25, -0.2) is 0 Å². The summed E-state index contributed by atoms with van der Waals surface area (Å²) in [6.07, 6.45) is 3.37. The number of piperidine rings is 1. The average molecular weight is 383 g/mol. The first-order valence-corrected chi connectivity index (χ1v) is 9.91. The van der Waals surface area contributed by atoms with Crippen LogP contribution in [-0.4, -0.2) is 44.2 Å². The molecule has 1 aliphatic rings. The number of likely N-dealkylation sites (tertiary alicyclic amines) is 1. The van der Waals surface area contributed by atoms with Gasteiger partial charge in [0, 0.05) is 23.9 Å². The highest BCUT2D eigenvalue weighted by Gasteiger charge is 2.26. The van der Waals surface area contributed by atoms with Crippen LogP contribution in [-0.2, 0) is 11.2 Å². The Morgan fingerprint density at radius 2 is 1.68 bits per heavy atom. The van der Waals surface area contributed by atoms with Crippen LogP contribution in [0.4, 0.5) is 5.69 Å². The van der Waals surface area contributed by atoms with E-state index in [0.29, 0.717) is 23.1 Å². The van der Waals surface area contributed by atoms with E-state index in [9.17, 15) is 4.79 Å². The third-order valence-electron chi connectivity index (χ3n) is 5.56. The lowest BCUT2D eigenvalue weighted by molar-refractivity contribution is -0.121. The van der Waals surface area contributed by atoms with E-state index in [2.05, 4.69) is 40.5 Å². The zero-order valence-corrected chi connectivity index (χ0v) is 17.0. The fourth-order valence-corrected chi connectivity index (χ4v) is 3.78. The molecule has 1 saturated heterocycles. The van der Waals surface area contributed by atoms with Crippen molar-refractivity contribution in [1.29, 1.82) is 0 Å². The van der Waals surface area contributed by atoms with Crippen LogP contribution in [0.1, 0.15) is 25.3 Å². The van der Waals surface area contributed by atoms with Gasteiger partial charge in [-0.15, -0.1) is 0 Å². The molecule has 5 heteroatoms. The van der Waals surface area contributed by atoms with E-state index in [0.717, 1.165) is 32.4 Å². The predicted octanol–water partition coefficient (Wildman–Crippen LogP) is 3.99. The van der Waals surface area contributed by atoms with Crippen molar-refractivity contribution in [2.45, 2.75) is 32.2 Å². The number of methoxy groups -OCH3 is 2. The van der Waals surface area contributed by atoms with Crippen LogP contribution in [0.15, 0.2) is 48.5 Å². The second-order valence-corrected chi connectivity index (χ2v) is 7.44. The van der Waals surface area contributed by atoms with Gasteiger partial charge in [-0.3, -0.25) is 9.69 Å². The van der Waals surface area contributed by atoms with Crippen molar-refractivity contribution in [2.75, 3.05) is 32.6 Å². The number of rotatable bonds is 7. The minimum Gasteiger partial charge on any atom is -0.497 e. The molecule has 1 N–H and O–H groups in total. The van der Waals surface area contributed by atoms with Crippen molar-refractivity contribution in [3.63, 3.8) is 0 Å². The monoisotopic (exact) mass is 382 g/mol. The van der Waals surface area contributed by atoms with Gasteiger partial charge < -0.3 is 14.8 Å². The van der Waals surface area contributed by atoms with E-state index in [1.54, 1.807) is 32.4 Å². The predicted molar refractivity (Wildman–Crippen MR) is 112 cm³/mol. The minimum atomic E-state index is -0.171. The van der Waals surface area contributed by atoms with Crippen LogP contribution in [0.25, 0.3) is 0 Å². The number of hydrogen-bond donors (Lipinski definition) is 1. The van der Waals surface area contributed by atoms with Crippen LogP contribution in [0.5, 0.6) is 11.5 Å². The van der Waals surface area contributed by atoms with Gasteiger partial charge in [-0.2, -0.15) is 0 Å². The van der Waals surface area contributed by atoms with Gasteiger partial charge >= 0.3 is 0 Å². The molecule has 0 aliphatic carbocycles. The molecule has 0 radical (unpaired) electrons. The second-order valence-electron chi connectivity index (χ2n) is 7.44. The maximum Gasteiger partial charge on any atom is 0.241 e. The highest BCUT2D eigenvalue weighted by atomic mass is 16.5. The van der Waals surface area contributed by atoms with Crippen LogP contribution >= 0.6 is 0 Å². The molecule has 2 aromatic rings. The SMILES string of the molecule is COc1cc(NC(=O)C(C)N2CCC(Cc3ccccc3)CC2)cc(OC)c1. The molecule has 0 aromatic heterocycles. The fourth-order valence-electron chi connectivity index (χ4n) is 3.78. The molecule has 1 heterocycles. The van der Waals surface area contributed by atoms with Gasteiger partial charge in [0.25, 0.3) is 0 Å². The Balaban J connectivity index is 1.53. The number of amides is 1. The summed E-state index contributed by atoms with van der Waals surface area (Å²) < 4.78 is 10.5. The number of hydrogen-bond acceptors (Lipinski definition) is 4. The molecule has 5 nitrogen and oxygen atoms in total. The number of nitrogens with one attached hydrogen (secondary N) is 1. The molecule has 1 fully saturated rings. The summed E-state index contributed by atoms with van der Waals surface area (Å²) in [5, 5.41) is 3.00. The summed E-state index contributed by atoms with van der Waals surface area (Å²) in [5.74, 6) is 2.00. The lowest BCUT2D eigenvalue weighted by Gasteiger charge is -2.35. The molecule has 0 saturated carbocycles. The first kappa shape index (κ1) is 20.2. The molecular weight excluding hydrogens is 352 g/mol. The van der Waals surface area contributed by atoms with Crippen molar-refractivity contribution in [3.05, 3.63) is 54.1 Å². The van der Waals surface area contributed by atoms with Crippen molar-refractivity contribution in [2.24, 2.45) is 5.92 Å². The Morgan fingerprint density at radius 1 is 1.07 bits per heavy atom. The van der Waals surface area contributed by atoms with E-state index < -0.39 is 0 Å². The molecule has 150 valence electrons. The smallest absolute Gasteiger partial charge is 0.241 e. The lowest BCUT2D eigenvalue weighted by atomic mass is 9.89. The first-order valence-electron chi connectivity index (χ1n) is 9.91. The maximum atomic E-state index is 12.7. The Hall–Kier alpha value is -2.53. The third kappa shape index (κ3) is 5.26. The van der Waals surface area contributed by atoms with Crippen molar-refractivity contribution >= 4 is 11.6 Å². The van der Waals surface area contributed by atoms with Crippen LogP contribution in [0, 0.1) is 5.92 Å². The lowest BCUT2D eigenvalue weighted by Crippen LogP contribution is -2.46. The number of carbonyl (C=O) groups is 1. The molecular formula is C23H30N2O3. The summed E-state index contributed by atoms with van der Waals surface area (Å²) in [7, 11) is 3.20. The number of ether oxygens (including phenoxy) is 2. The normalized spacial score (nSPS) is 16.4. The third-order valence-corrected chi connectivity index (χ3v) is 5.56. The zero-order chi connectivity index (χ0) is 19.9. The topological polar surface area (TPSA) is 50.8 Å². The van der Waals surface area contributed by atoms with Gasteiger partial charge in [-0.05, 0) is 50.8 Å². The molecule has 28 heavy (non-hydrogen) atoms. The largest absolute Gasteiger partial charge is 0.497 e. The number of benzene rings is 2. The highest BCUT2D eigenvalue weighted by Crippen LogP contribution is 2.27. The standard InChI is InChI=1S/C23H30N2O3/c1-17(23(26)24-20-14-21(27-2)16-22(15-20)28-3)25-11-9-19(10-12-25)13-18-7-5-4-6-8-18/h4-8,14-17,19H,9-13H2,1-3H3,(H,24,26). The minimum absolute atomic E-state index is 0.00295. The molecule has 3 rings (SSSR count). The number of nitrogens with zero attached hydrogens (tertiary/aromatic N) is 1.